The number of aliphatic hydroxyl groups is 1. The number of aliphatic hydroxyl groups excluding tert-OH is 1. The summed E-state index contributed by atoms with van der Waals surface area (Å²) in [5.41, 5.74) is -2.50. The Morgan fingerprint density at radius 1 is 1.31 bits per heavy atom. The molecule has 1 saturated heterocycles. The molecule has 1 aromatic carbocycles. The van der Waals surface area contributed by atoms with E-state index in [0.29, 0.717) is 6.07 Å². The van der Waals surface area contributed by atoms with Crippen LogP contribution in [0.3, 0.4) is 0 Å². The van der Waals surface area contributed by atoms with Crippen LogP contribution >= 0.6 is 0 Å². The van der Waals surface area contributed by atoms with Crippen molar-refractivity contribution in [2.24, 2.45) is 0 Å². The van der Waals surface area contributed by atoms with E-state index in [1.165, 1.54) is 12.1 Å². The van der Waals surface area contributed by atoms with Crippen LogP contribution in [0.4, 0.5) is 13.2 Å². The lowest BCUT2D eigenvalue weighted by Gasteiger charge is -2.21. The topological polar surface area (TPSA) is 98.6 Å². The highest BCUT2D eigenvalue weighted by Gasteiger charge is 2.57. The first-order valence-corrected chi connectivity index (χ1v) is 7.73. The van der Waals surface area contributed by atoms with Crippen LogP contribution in [0, 0.1) is 11.3 Å². The molecule has 136 valence electrons. The number of halogens is 3. The van der Waals surface area contributed by atoms with E-state index in [4.69, 9.17) is 10.00 Å². The molecule has 0 spiro atoms. The fourth-order valence-electron chi connectivity index (χ4n) is 3.93. The first kappa shape index (κ1) is 16.8. The van der Waals surface area contributed by atoms with E-state index < -0.39 is 46.9 Å². The monoisotopic (exact) mass is 366 g/mol. The average molecular weight is 366 g/mol. The number of benzene rings is 1. The van der Waals surface area contributed by atoms with Crippen LogP contribution in [0.25, 0.3) is 5.69 Å². The molecule has 6 nitrogen and oxygen atoms in total. The lowest BCUT2D eigenvalue weighted by molar-refractivity contribution is -0.137. The standard InChI is InChI=1S/C17H13F3N2O4/c1-16-5-10(23)13(26-16)11-12(16)15(25)22(14(11)24)8-3-2-7(6-21)9(4-8)17(18,19)20/h2-4,10,13,23-25H,5H2,1H3/t10-,13?,16?/m1/s1. The van der Waals surface area contributed by atoms with Gasteiger partial charge in [-0.3, -0.25) is 4.57 Å². The third-order valence-electron chi connectivity index (χ3n) is 4.99. The fourth-order valence-corrected chi connectivity index (χ4v) is 3.93. The summed E-state index contributed by atoms with van der Waals surface area (Å²) in [6.07, 6.45) is -6.32. The highest BCUT2D eigenvalue weighted by Crippen LogP contribution is 2.61. The summed E-state index contributed by atoms with van der Waals surface area (Å²) in [6.45, 7) is 1.63. The van der Waals surface area contributed by atoms with Gasteiger partial charge >= 0.3 is 6.18 Å². The highest BCUT2D eigenvalue weighted by molar-refractivity contribution is 5.60. The molecule has 26 heavy (non-hydrogen) atoms. The molecule has 2 aromatic rings. The number of ether oxygens (including phenoxy) is 1. The number of nitrogens with zero attached hydrogens (tertiary/aromatic N) is 2. The second-order valence-corrected chi connectivity index (χ2v) is 6.65. The molecule has 3 atom stereocenters. The summed E-state index contributed by atoms with van der Waals surface area (Å²) in [7, 11) is 0. The molecule has 1 aromatic heterocycles. The lowest BCUT2D eigenvalue weighted by Crippen LogP contribution is -2.22. The van der Waals surface area contributed by atoms with Gasteiger partial charge in [-0.1, -0.05) is 0 Å². The number of alkyl halides is 3. The smallest absolute Gasteiger partial charge is 0.417 e. The zero-order valence-electron chi connectivity index (χ0n) is 13.4. The molecule has 0 saturated carbocycles. The van der Waals surface area contributed by atoms with Crippen molar-refractivity contribution < 1.29 is 33.2 Å². The lowest BCUT2D eigenvalue weighted by atomic mass is 9.84. The third kappa shape index (κ3) is 2.00. The molecule has 2 bridgehead atoms. The van der Waals surface area contributed by atoms with Crippen LogP contribution in [0.1, 0.15) is 41.7 Å². The molecule has 0 amide bonds. The number of hydrogen-bond donors (Lipinski definition) is 3. The van der Waals surface area contributed by atoms with E-state index >= 15 is 0 Å². The molecule has 4 rings (SSSR count). The first-order valence-electron chi connectivity index (χ1n) is 7.73. The minimum absolute atomic E-state index is 0.154. The van der Waals surface area contributed by atoms with Crippen LogP contribution in [-0.4, -0.2) is 26.0 Å². The molecule has 2 unspecified atom stereocenters. The van der Waals surface area contributed by atoms with E-state index in [1.54, 1.807) is 6.92 Å². The van der Waals surface area contributed by atoms with Gasteiger partial charge in [-0.15, -0.1) is 0 Å². The SMILES string of the molecule is CC12C[C@@H](O)C(O1)c1c2c(O)n(-c2ccc(C#N)c(C(F)(F)F)c2)c1O. The molecule has 0 aliphatic carbocycles. The van der Waals surface area contributed by atoms with Gasteiger partial charge in [0.25, 0.3) is 0 Å². The minimum Gasteiger partial charge on any atom is -0.494 e. The van der Waals surface area contributed by atoms with E-state index in [-0.39, 0.29) is 23.2 Å². The number of nitriles is 1. The number of aromatic nitrogens is 1. The molecule has 3 N–H and O–H groups in total. The van der Waals surface area contributed by atoms with Gasteiger partial charge in [0.15, 0.2) is 0 Å². The summed E-state index contributed by atoms with van der Waals surface area (Å²) in [4.78, 5) is 0. The minimum atomic E-state index is -4.77. The average Bonchev–Trinajstić information content (AvgIpc) is 3.12. The van der Waals surface area contributed by atoms with Crippen LogP contribution in [-0.2, 0) is 16.5 Å². The van der Waals surface area contributed by atoms with E-state index in [9.17, 15) is 28.5 Å². The Morgan fingerprint density at radius 3 is 2.62 bits per heavy atom. The van der Waals surface area contributed by atoms with Gasteiger partial charge in [-0.2, -0.15) is 18.4 Å². The van der Waals surface area contributed by atoms with Crippen molar-refractivity contribution in [3.63, 3.8) is 0 Å². The summed E-state index contributed by atoms with van der Waals surface area (Å²) in [5.74, 6) is -0.949. The quantitative estimate of drug-likeness (QED) is 0.721. The zero-order chi connectivity index (χ0) is 19.0. The van der Waals surface area contributed by atoms with Gasteiger partial charge in [-0.25, -0.2) is 0 Å². The van der Waals surface area contributed by atoms with Gasteiger partial charge in [0.05, 0.1) is 45.7 Å². The largest absolute Gasteiger partial charge is 0.494 e. The summed E-state index contributed by atoms with van der Waals surface area (Å²) in [6, 6.07) is 4.34. The zero-order valence-corrected chi connectivity index (χ0v) is 13.4. The van der Waals surface area contributed by atoms with Crippen LogP contribution in [0.5, 0.6) is 11.8 Å². The number of fused-ring (bicyclic) bond motifs is 5. The third-order valence-corrected chi connectivity index (χ3v) is 4.99. The first-order chi connectivity index (χ1) is 12.1. The normalized spacial score (nSPS) is 26.8. The summed E-state index contributed by atoms with van der Waals surface area (Å²) in [5, 5.41) is 40.0. The molecule has 0 radical (unpaired) electrons. The predicted molar refractivity (Wildman–Crippen MR) is 80.6 cm³/mol. The number of hydrogen-bond acceptors (Lipinski definition) is 5. The predicted octanol–water partition coefficient (Wildman–Crippen LogP) is 2.83. The van der Waals surface area contributed by atoms with Gasteiger partial charge < -0.3 is 20.1 Å². The maximum absolute atomic E-state index is 13.2. The second kappa shape index (κ2) is 4.93. The van der Waals surface area contributed by atoms with Crippen molar-refractivity contribution in [2.75, 3.05) is 0 Å². The molecular formula is C17H13F3N2O4. The second-order valence-electron chi connectivity index (χ2n) is 6.65. The van der Waals surface area contributed by atoms with Gasteiger partial charge in [0.1, 0.15) is 6.10 Å². The molecule has 2 aliphatic heterocycles. The number of aromatic hydroxyl groups is 2. The van der Waals surface area contributed by atoms with Gasteiger partial charge in [-0.05, 0) is 25.1 Å². The highest BCUT2D eigenvalue weighted by atomic mass is 19.4. The van der Waals surface area contributed by atoms with Crippen molar-refractivity contribution in [3.8, 4) is 23.5 Å². The van der Waals surface area contributed by atoms with E-state index in [2.05, 4.69) is 0 Å². The van der Waals surface area contributed by atoms with E-state index in [0.717, 1.165) is 10.6 Å². The molecular weight excluding hydrogens is 353 g/mol. The summed E-state index contributed by atoms with van der Waals surface area (Å²) >= 11 is 0. The number of rotatable bonds is 1. The van der Waals surface area contributed by atoms with Crippen LogP contribution < -0.4 is 0 Å². The van der Waals surface area contributed by atoms with Crippen LogP contribution in [0.15, 0.2) is 18.2 Å². The van der Waals surface area contributed by atoms with Crippen LogP contribution in [0.2, 0.25) is 0 Å². The van der Waals surface area contributed by atoms with Crippen molar-refractivity contribution in [1.29, 1.82) is 5.26 Å². The Kier molecular flexibility index (Phi) is 3.18. The Balaban J connectivity index is 1.94. The molecule has 1 fully saturated rings. The molecule has 2 aliphatic rings. The summed E-state index contributed by atoms with van der Waals surface area (Å²) < 4.78 is 46.1. The Morgan fingerprint density at radius 2 is 2.00 bits per heavy atom. The van der Waals surface area contributed by atoms with Gasteiger partial charge in [0.2, 0.25) is 11.8 Å². The van der Waals surface area contributed by atoms with Crippen molar-refractivity contribution in [2.45, 2.75) is 37.3 Å². The van der Waals surface area contributed by atoms with Crippen molar-refractivity contribution in [1.82, 2.24) is 4.57 Å². The van der Waals surface area contributed by atoms with Crippen molar-refractivity contribution >= 4 is 0 Å². The Bertz CT molecular complexity index is 976. The van der Waals surface area contributed by atoms with Gasteiger partial charge in [0, 0.05) is 6.42 Å². The molecule has 9 heteroatoms. The molecule has 3 heterocycles. The Hall–Kier alpha value is -2.70. The maximum atomic E-state index is 13.2. The van der Waals surface area contributed by atoms with Crippen molar-refractivity contribution in [3.05, 3.63) is 40.5 Å². The fraction of sp³-hybridized carbons (Fsp3) is 0.353. The van der Waals surface area contributed by atoms with E-state index in [1.807, 2.05) is 0 Å². The Labute approximate surface area is 145 Å². The maximum Gasteiger partial charge on any atom is 0.417 e.